The Kier molecular flexibility index (Phi) is 5.01. The number of likely N-dealkylation sites (N-methyl/N-ethyl adjacent to an activating group) is 1. The maximum atomic E-state index is 3.61. The fourth-order valence-corrected chi connectivity index (χ4v) is 4.01. The summed E-state index contributed by atoms with van der Waals surface area (Å²) in [7, 11) is 2.02. The van der Waals surface area contributed by atoms with Gasteiger partial charge in [0.15, 0.2) is 0 Å². The zero-order chi connectivity index (χ0) is 13.1. The van der Waals surface area contributed by atoms with E-state index in [0.717, 1.165) is 6.42 Å². The normalized spacial score (nSPS) is 12.7. The van der Waals surface area contributed by atoms with Gasteiger partial charge in [0.25, 0.3) is 0 Å². The largest absolute Gasteiger partial charge is 0.312 e. The molecule has 0 fully saturated rings. The van der Waals surface area contributed by atoms with E-state index in [0.29, 0.717) is 6.04 Å². The third-order valence-electron chi connectivity index (χ3n) is 2.95. The molecule has 1 heterocycles. The van der Waals surface area contributed by atoms with Gasteiger partial charge in [0.05, 0.1) is 3.79 Å². The number of hydrogen-bond acceptors (Lipinski definition) is 2. The molecule has 1 nitrogen and oxygen atoms in total. The highest BCUT2D eigenvalue weighted by Gasteiger charge is 2.15. The highest BCUT2D eigenvalue weighted by atomic mass is 79.9. The Labute approximate surface area is 129 Å². The van der Waals surface area contributed by atoms with Gasteiger partial charge in [0.1, 0.15) is 0 Å². The van der Waals surface area contributed by atoms with Gasteiger partial charge in [-0.25, -0.2) is 0 Å². The van der Waals surface area contributed by atoms with E-state index in [4.69, 9.17) is 0 Å². The number of halogens is 2. The lowest BCUT2D eigenvalue weighted by Gasteiger charge is -2.15. The molecule has 4 heteroatoms. The second-order valence-corrected chi connectivity index (χ2v) is 7.50. The Morgan fingerprint density at radius 3 is 2.56 bits per heavy atom. The number of hydrogen-bond donors (Lipinski definition) is 1. The zero-order valence-corrected chi connectivity index (χ0v) is 14.3. The van der Waals surface area contributed by atoms with Crippen LogP contribution in [0.25, 0.3) is 0 Å². The van der Waals surface area contributed by atoms with Gasteiger partial charge in [0.2, 0.25) is 0 Å². The number of aryl methyl sites for hydroxylation is 1. The molecule has 96 valence electrons. The van der Waals surface area contributed by atoms with E-state index >= 15 is 0 Å². The van der Waals surface area contributed by atoms with Gasteiger partial charge in [0, 0.05) is 15.4 Å². The van der Waals surface area contributed by atoms with E-state index in [1.807, 2.05) is 24.5 Å². The van der Waals surface area contributed by atoms with Crippen molar-refractivity contribution in [3.63, 3.8) is 0 Å². The van der Waals surface area contributed by atoms with Crippen LogP contribution in [-0.4, -0.2) is 7.05 Å². The highest BCUT2D eigenvalue weighted by molar-refractivity contribution is 9.11. The van der Waals surface area contributed by atoms with Crippen LogP contribution < -0.4 is 5.32 Å². The molecule has 0 aliphatic heterocycles. The number of nitrogens with one attached hydrogen (secondary N) is 1. The summed E-state index contributed by atoms with van der Waals surface area (Å²) in [5, 5.41) is 3.40. The summed E-state index contributed by atoms with van der Waals surface area (Å²) in [6, 6.07) is 11.0. The Hall–Kier alpha value is -0.160. The molecule has 0 aliphatic carbocycles. The van der Waals surface area contributed by atoms with E-state index < -0.39 is 0 Å². The molecule has 18 heavy (non-hydrogen) atoms. The first-order valence-corrected chi connectivity index (χ1v) is 8.18. The van der Waals surface area contributed by atoms with E-state index in [1.165, 1.54) is 24.3 Å². The number of thiophene rings is 1. The highest BCUT2D eigenvalue weighted by Crippen LogP contribution is 2.33. The van der Waals surface area contributed by atoms with Gasteiger partial charge >= 0.3 is 0 Å². The van der Waals surface area contributed by atoms with Crippen LogP contribution in [0.5, 0.6) is 0 Å². The molecule has 0 spiro atoms. The van der Waals surface area contributed by atoms with Gasteiger partial charge in [-0.3, -0.25) is 0 Å². The van der Waals surface area contributed by atoms with Crippen molar-refractivity contribution in [2.24, 2.45) is 0 Å². The van der Waals surface area contributed by atoms with Gasteiger partial charge in [-0.1, -0.05) is 34.1 Å². The molecule has 0 amide bonds. The smallest absolute Gasteiger partial charge is 0.0731 e. The monoisotopic (exact) mass is 387 g/mol. The van der Waals surface area contributed by atoms with Crippen LogP contribution in [-0.2, 0) is 6.42 Å². The van der Waals surface area contributed by atoms with Crippen molar-refractivity contribution in [3.05, 3.63) is 54.6 Å². The van der Waals surface area contributed by atoms with E-state index in [9.17, 15) is 0 Å². The number of rotatable bonds is 4. The average molecular weight is 389 g/mol. The summed E-state index contributed by atoms with van der Waals surface area (Å²) in [6.45, 7) is 2.13. The van der Waals surface area contributed by atoms with Gasteiger partial charge < -0.3 is 5.32 Å². The minimum atomic E-state index is 0.360. The second kappa shape index (κ2) is 6.33. The van der Waals surface area contributed by atoms with Crippen LogP contribution in [0.4, 0.5) is 0 Å². The van der Waals surface area contributed by atoms with Crippen LogP contribution in [0.15, 0.2) is 38.6 Å². The van der Waals surface area contributed by atoms with Crippen LogP contribution in [0.2, 0.25) is 0 Å². The molecule has 2 rings (SSSR count). The Bertz CT molecular complexity index is 517. The third-order valence-corrected chi connectivity index (χ3v) is 5.97. The standard InChI is InChI=1S/C14H15Br2NS/c1-9-7-13(18-14(9)16)12(17-2)8-10-5-3-4-6-11(10)15/h3-7,12,17H,8H2,1-2H3. The minimum absolute atomic E-state index is 0.360. The third kappa shape index (κ3) is 3.23. The first kappa shape index (κ1) is 14.3. The summed E-state index contributed by atoms with van der Waals surface area (Å²) in [5.74, 6) is 0. The van der Waals surface area contributed by atoms with Crippen LogP contribution in [0.1, 0.15) is 22.0 Å². The lowest BCUT2D eigenvalue weighted by molar-refractivity contribution is 0.601. The lowest BCUT2D eigenvalue weighted by Crippen LogP contribution is -2.17. The predicted molar refractivity (Wildman–Crippen MR) is 86.4 cm³/mol. The van der Waals surface area contributed by atoms with Crippen LogP contribution in [0, 0.1) is 6.92 Å². The van der Waals surface area contributed by atoms with Crippen LogP contribution >= 0.6 is 43.2 Å². The Morgan fingerprint density at radius 1 is 1.28 bits per heavy atom. The molecule has 1 N–H and O–H groups in total. The quantitative estimate of drug-likeness (QED) is 0.769. The maximum Gasteiger partial charge on any atom is 0.0731 e. The molecular formula is C14H15Br2NS. The topological polar surface area (TPSA) is 12.0 Å². The lowest BCUT2D eigenvalue weighted by atomic mass is 10.0. The SMILES string of the molecule is CNC(Cc1ccccc1Br)c1cc(C)c(Br)s1. The van der Waals surface area contributed by atoms with Gasteiger partial charge in [-0.2, -0.15) is 0 Å². The first-order chi connectivity index (χ1) is 8.61. The Morgan fingerprint density at radius 2 is 2.00 bits per heavy atom. The van der Waals surface area contributed by atoms with E-state index in [1.54, 1.807) is 0 Å². The average Bonchev–Trinajstić information content (AvgIpc) is 2.68. The molecule has 0 saturated carbocycles. The fraction of sp³-hybridized carbons (Fsp3) is 0.286. The van der Waals surface area contributed by atoms with Crippen molar-refractivity contribution in [2.45, 2.75) is 19.4 Å². The van der Waals surface area contributed by atoms with E-state index in [-0.39, 0.29) is 0 Å². The van der Waals surface area contributed by atoms with Crippen LogP contribution in [0.3, 0.4) is 0 Å². The molecule has 2 aromatic rings. The maximum absolute atomic E-state index is 3.61. The summed E-state index contributed by atoms with van der Waals surface area (Å²) in [6.07, 6.45) is 0.990. The molecule has 1 aromatic carbocycles. The van der Waals surface area contributed by atoms with E-state index in [2.05, 4.69) is 68.4 Å². The first-order valence-electron chi connectivity index (χ1n) is 5.78. The molecule has 1 aromatic heterocycles. The van der Waals surface area contributed by atoms with Crippen molar-refractivity contribution >= 4 is 43.2 Å². The molecule has 0 saturated heterocycles. The molecule has 1 atom stereocenters. The molecule has 1 unspecified atom stereocenters. The summed E-state index contributed by atoms with van der Waals surface area (Å²) in [5.41, 5.74) is 2.64. The zero-order valence-electron chi connectivity index (χ0n) is 10.3. The van der Waals surface area contributed by atoms with Gasteiger partial charge in [-0.05, 0) is 59.6 Å². The van der Waals surface area contributed by atoms with Gasteiger partial charge in [-0.15, -0.1) is 11.3 Å². The van der Waals surface area contributed by atoms with Crippen molar-refractivity contribution in [1.29, 1.82) is 0 Å². The van der Waals surface area contributed by atoms with Crippen molar-refractivity contribution in [3.8, 4) is 0 Å². The molecule has 0 aliphatic rings. The van der Waals surface area contributed by atoms with Crippen molar-refractivity contribution in [1.82, 2.24) is 5.32 Å². The molecule has 0 bridgehead atoms. The second-order valence-electron chi connectivity index (χ2n) is 4.24. The fourth-order valence-electron chi connectivity index (χ4n) is 1.88. The summed E-state index contributed by atoms with van der Waals surface area (Å²) < 4.78 is 2.41. The van der Waals surface area contributed by atoms with Crippen molar-refractivity contribution in [2.75, 3.05) is 7.05 Å². The minimum Gasteiger partial charge on any atom is -0.312 e. The van der Waals surface area contributed by atoms with Crippen molar-refractivity contribution < 1.29 is 0 Å². The predicted octanol–water partition coefficient (Wildman–Crippen LogP) is 5.08. The molecular weight excluding hydrogens is 374 g/mol. The Balaban J connectivity index is 2.22. The summed E-state index contributed by atoms with van der Waals surface area (Å²) in [4.78, 5) is 1.37. The number of benzene rings is 1. The summed E-state index contributed by atoms with van der Waals surface area (Å²) >= 11 is 9.02. The molecule has 0 radical (unpaired) electrons.